The summed E-state index contributed by atoms with van der Waals surface area (Å²) in [7, 11) is 1.86. The first-order valence-corrected chi connectivity index (χ1v) is 7.81. The van der Waals surface area contributed by atoms with Crippen LogP contribution in [0.3, 0.4) is 0 Å². The van der Waals surface area contributed by atoms with Crippen molar-refractivity contribution in [3.05, 3.63) is 28.0 Å². The van der Waals surface area contributed by atoms with Crippen LogP contribution in [0.1, 0.15) is 24.8 Å². The maximum atomic E-state index is 14.4. The first-order chi connectivity index (χ1) is 9.50. The van der Waals surface area contributed by atoms with Crippen LogP contribution in [-0.4, -0.2) is 31.3 Å². The minimum Gasteiger partial charge on any atom is -0.389 e. The Morgan fingerprint density at radius 2 is 2.30 bits per heavy atom. The van der Waals surface area contributed by atoms with Crippen LogP contribution in [0.25, 0.3) is 0 Å². The summed E-state index contributed by atoms with van der Waals surface area (Å²) >= 11 is 8.12. The lowest BCUT2D eigenvalue weighted by atomic mass is 10.1. The zero-order valence-electron chi connectivity index (χ0n) is 11.4. The van der Waals surface area contributed by atoms with Crippen LogP contribution in [0.15, 0.2) is 16.6 Å². The van der Waals surface area contributed by atoms with Crippen molar-refractivity contribution in [1.82, 2.24) is 0 Å². The smallest absolute Gasteiger partial charge is 0.161 e. The Hall–Kier alpha value is -0.720. The second-order valence-corrected chi connectivity index (χ2v) is 6.23. The predicted molar refractivity (Wildman–Crippen MR) is 86.8 cm³/mol. The Labute approximate surface area is 132 Å². The van der Waals surface area contributed by atoms with Crippen LogP contribution in [0.5, 0.6) is 0 Å². The SMILES string of the molecule is CN(CC1CCCCO1)c1ccc(C(N)=S)c(Br)c1F. The van der Waals surface area contributed by atoms with Gasteiger partial charge in [-0.1, -0.05) is 12.2 Å². The lowest BCUT2D eigenvalue weighted by molar-refractivity contribution is 0.0215. The minimum absolute atomic E-state index is 0.169. The summed E-state index contributed by atoms with van der Waals surface area (Å²) in [5.74, 6) is -0.339. The maximum absolute atomic E-state index is 14.4. The fourth-order valence-electron chi connectivity index (χ4n) is 2.38. The van der Waals surface area contributed by atoms with Crippen molar-refractivity contribution in [3.8, 4) is 0 Å². The highest BCUT2D eigenvalue weighted by atomic mass is 79.9. The molecule has 20 heavy (non-hydrogen) atoms. The number of anilines is 1. The van der Waals surface area contributed by atoms with Crippen LogP contribution in [0, 0.1) is 5.82 Å². The number of halogens is 2. The molecule has 2 rings (SSSR count). The van der Waals surface area contributed by atoms with E-state index >= 15 is 0 Å². The number of ether oxygens (including phenoxy) is 1. The molecule has 0 aliphatic carbocycles. The molecule has 0 aromatic heterocycles. The number of benzene rings is 1. The van der Waals surface area contributed by atoms with Gasteiger partial charge in [0.1, 0.15) is 4.99 Å². The molecule has 0 bridgehead atoms. The highest BCUT2D eigenvalue weighted by molar-refractivity contribution is 9.10. The number of thiocarbonyl (C=S) groups is 1. The number of nitrogens with two attached hydrogens (primary N) is 1. The maximum Gasteiger partial charge on any atom is 0.161 e. The standard InChI is InChI=1S/C14H18BrFN2OS/c1-18(8-9-4-2-3-7-19-9)11-6-5-10(14(17)20)12(15)13(11)16/h5-6,9H,2-4,7-8H2,1H3,(H2,17,20). The summed E-state index contributed by atoms with van der Waals surface area (Å²) in [5, 5.41) is 0. The molecule has 0 amide bonds. The molecule has 110 valence electrons. The van der Waals surface area contributed by atoms with Gasteiger partial charge in [-0.15, -0.1) is 0 Å². The molecule has 2 N–H and O–H groups in total. The van der Waals surface area contributed by atoms with Crippen LogP contribution in [0.2, 0.25) is 0 Å². The van der Waals surface area contributed by atoms with Gasteiger partial charge in [0.25, 0.3) is 0 Å². The van der Waals surface area contributed by atoms with Gasteiger partial charge in [0, 0.05) is 25.8 Å². The first-order valence-electron chi connectivity index (χ1n) is 6.61. The highest BCUT2D eigenvalue weighted by Gasteiger charge is 2.20. The summed E-state index contributed by atoms with van der Waals surface area (Å²) in [5.41, 5.74) is 6.60. The Kier molecular flexibility index (Phi) is 5.35. The van der Waals surface area contributed by atoms with E-state index in [1.165, 1.54) is 6.42 Å². The monoisotopic (exact) mass is 360 g/mol. The summed E-state index contributed by atoms with van der Waals surface area (Å²) in [6.07, 6.45) is 3.48. The second kappa shape index (κ2) is 6.83. The highest BCUT2D eigenvalue weighted by Crippen LogP contribution is 2.29. The van der Waals surface area contributed by atoms with Crippen molar-refractivity contribution in [2.45, 2.75) is 25.4 Å². The van der Waals surface area contributed by atoms with E-state index in [1.807, 2.05) is 11.9 Å². The van der Waals surface area contributed by atoms with E-state index in [-0.39, 0.29) is 16.9 Å². The van der Waals surface area contributed by atoms with Gasteiger partial charge >= 0.3 is 0 Å². The Balaban J connectivity index is 2.15. The molecule has 1 aliphatic rings. The molecule has 6 heteroatoms. The van der Waals surface area contributed by atoms with E-state index in [4.69, 9.17) is 22.7 Å². The molecule has 0 radical (unpaired) electrons. The largest absolute Gasteiger partial charge is 0.389 e. The molecule has 0 saturated carbocycles. The van der Waals surface area contributed by atoms with Crippen molar-refractivity contribution in [2.24, 2.45) is 5.73 Å². The summed E-state index contributed by atoms with van der Waals surface area (Å²) in [6.45, 7) is 1.47. The third kappa shape index (κ3) is 3.48. The van der Waals surface area contributed by atoms with Crippen LogP contribution < -0.4 is 10.6 Å². The third-order valence-corrected chi connectivity index (χ3v) is 4.49. The van der Waals surface area contributed by atoms with Gasteiger partial charge in [0.2, 0.25) is 0 Å². The zero-order valence-corrected chi connectivity index (χ0v) is 13.8. The van der Waals surface area contributed by atoms with Gasteiger partial charge < -0.3 is 15.4 Å². The predicted octanol–water partition coefficient (Wildman–Crippen LogP) is 3.23. The van der Waals surface area contributed by atoms with Crippen LogP contribution in [0.4, 0.5) is 10.1 Å². The minimum atomic E-state index is -0.339. The van der Waals surface area contributed by atoms with Gasteiger partial charge in [-0.2, -0.15) is 0 Å². The third-order valence-electron chi connectivity index (χ3n) is 3.49. The number of hydrogen-bond acceptors (Lipinski definition) is 3. The molecule has 1 aromatic carbocycles. The van der Waals surface area contributed by atoms with Crippen molar-refractivity contribution in [1.29, 1.82) is 0 Å². The van der Waals surface area contributed by atoms with E-state index in [9.17, 15) is 4.39 Å². The average molecular weight is 361 g/mol. The van der Waals surface area contributed by atoms with Crippen LogP contribution >= 0.6 is 28.1 Å². The normalized spacial score (nSPS) is 18.9. The zero-order chi connectivity index (χ0) is 14.7. The molecule has 1 unspecified atom stereocenters. The van der Waals surface area contributed by atoms with Crippen LogP contribution in [-0.2, 0) is 4.74 Å². The molecular weight excluding hydrogens is 343 g/mol. The van der Waals surface area contributed by atoms with Crippen molar-refractivity contribution in [3.63, 3.8) is 0 Å². The van der Waals surface area contributed by atoms with Crippen molar-refractivity contribution < 1.29 is 9.13 Å². The second-order valence-electron chi connectivity index (χ2n) is 4.99. The lowest BCUT2D eigenvalue weighted by Gasteiger charge is -2.29. The summed E-state index contributed by atoms with van der Waals surface area (Å²) in [4.78, 5) is 2.06. The van der Waals surface area contributed by atoms with E-state index in [0.29, 0.717) is 22.3 Å². The summed E-state index contributed by atoms with van der Waals surface area (Å²) in [6, 6.07) is 3.44. The van der Waals surface area contributed by atoms with Gasteiger partial charge in [-0.05, 0) is 47.3 Å². The fourth-order valence-corrected chi connectivity index (χ4v) is 3.23. The van der Waals surface area contributed by atoms with Gasteiger partial charge in [0.15, 0.2) is 5.82 Å². The molecule has 1 aromatic rings. The molecule has 1 fully saturated rings. The number of nitrogens with zero attached hydrogens (tertiary/aromatic N) is 1. The van der Waals surface area contributed by atoms with E-state index in [1.54, 1.807) is 12.1 Å². The van der Waals surface area contributed by atoms with E-state index in [2.05, 4.69) is 15.9 Å². The number of likely N-dealkylation sites (N-methyl/N-ethyl adjacent to an activating group) is 1. The molecular formula is C14H18BrFN2OS. The van der Waals surface area contributed by atoms with Crippen molar-refractivity contribution in [2.75, 3.05) is 25.1 Å². The van der Waals surface area contributed by atoms with E-state index < -0.39 is 0 Å². The number of hydrogen-bond donors (Lipinski definition) is 1. The number of rotatable bonds is 4. The first kappa shape index (κ1) is 15.7. The molecule has 0 spiro atoms. The molecule has 1 aliphatic heterocycles. The Bertz CT molecular complexity index is 506. The molecule has 1 heterocycles. The Morgan fingerprint density at radius 3 is 2.90 bits per heavy atom. The fraction of sp³-hybridized carbons (Fsp3) is 0.500. The average Bonchev–Trinajstić information content (AvgIpc) is 2.42. The topological polar surface area (TPSA) is 38.5 Å². The van der Waals surface area contributed by atoms with E-state index in [0.717, 1.165) is 19.4 Å². The lowest BCUT2D eigenvalue weighted by Crippen LogP contribution is -2.33. The van der Waals surface area contributed by atoms with Crippen molar-refractivity contribution >= 4 is 38.8 Å². The Morgan fingerprint density at radius 1 is 1.55 bits per heavy atom. The van der Waals surface area contributed by atoms with Gasteiger partial charge in [-0.25, -0.2) is 4.39 Å². The molecule has 1 atom stereocenters. The quantitative estimate of drug-likeness (QED) is 0.836. The van der Waals surface area contributed by atoms with Gasteiger partial charge in [-0.3, -0.25) is 0 Å². The molecule has 1 saturated heterocycles. The summed E-state index contributed by atoms with van der Waals surface area (Å²) < 4.78 is 20.4. The molecule has 3 nitrogen and oxygen atoms in total. The van der Waals surface area contributed by atoms with Gasteiger partial charge in [0.05, 0.1) is 16.3 Å².